The highest BCUT2D eigenvalue weighted by Gasteiger charge is 2.39. The molecule has 0 radical (unpaired) electrons. The summed E-state index contributed by atoms with van der Waals surface area (Å²) in [5, 5.41) is 0. The standard InChI is InChI=1S/C22H33N3O4/c1-16(19(26)23(5)15-17-11-8-7-9-12-17)24(6)20(27)18-13-10-14-25(18)21(28)29-22(2,3)4/h7-9,11-12,16,18H,10,13-15H2,1-6H3/t16-,18-/m0/s1. The van der Waals surface area contributed by atoms with Gasteiger partial charge in [-0.1, -0.05) is 30.3 Å². The monoisotopic (exact) mass is 403 g/mol. The summed E-state index contributed by atoms with van der Waals surface area (Å²) in [5.41, 5.74) is 0.402. The van der Waals surface area contributed by atoms with Crippen molar-refractivity contribution in [2.75, 3.05) is 20.6 Å². The minimum Gasteiger partial charge on any atom is -0.444 e. The molecule has 1 aromatic carbocycles. The molecule has 1 aromatic rings. The fourth-order valence-electron chi connectivity index (χ4n) is 3.41. The van der Waals surface area contributed by atoms with Gasteiger partial charge in [0.15, 0.2) is 0 Å². The average Bonchev–Trinajstić information content (AvgIpc) is 3.15. The Kier molecular flexibility index (Phi) is 7.27. The lowest BCUT2D eigenvalue weighted by Gasteiger charge is -2.33. The van der Waals surface area contributed by atoms with Crippen LogP contribution in [0.15, 0.2) is 30.3 Å². The zero-order valence-electron chi connectivity index (χ0n) is 18.3. The molecule has 1 aliphatic rings. The van der Waals surface area contributed by atoms with E-state index in [0.29, 0.717) is 19.5 Å². The molecule has 0 spiro atoms. The molecule has 7 nitrogen and oxygen atoms in total. The van der Waals surface area contributed by atoms with Crippen LogP contribution >= 0.6 is 0 Å². The van der Waals surface area contributed by atoms with E-state index in [2.05, 4.69) is 0 Å². The molecule has 2 atom stereocenters. The van der Waals surface area contributed by atoms with Gasteiger partial charge in [-0.25, -0.2) is 4.79 Å². The molecule has 29 heavy (non-hydrogen) atoms. The van der Waals surface area contributed by atoms with Crippen LogP contribution in [0.3, 0.4) is 0 Å². The Labute approximate surface area is 173 Å². The molecule has 1 saturated heterocycles. The number of ether oxygens (including phenoxy) is 1. The highest BCUT2D eigenvalue weighted by atomic mass is 16.6. The summed E-state index contributed by atoms with van der Waals surface area (Å²) in [4.78, 5) is 42.9. The van der Waals surface area contributed by atoms with E-state index in [9.17, 15) is 14.4 Å². The predicted molar refractivity (Wildman–Crippen MR) is 111 cm³/mol. The second-order valence-electron chi connectivity index (χ2n) is 8.64. The minimum absolute atomic E-state index is 0.147. The lowest BCUT2D eigenvalue weighted by Crippen LogP contribution is -2.53. The van der Waals surface area contributed by atoms with Crippen molar-refractivity contribution < 1.29 is 19.1 Å². The van der Waals surface area contributed by atoms with Gasteiger partial charge in [-0.05, 0) is 46.1 Å². The Morgan fingerprint density at radius 2 is 1.79 bits per heavy atom. The normalized spacial score (nSPS) is 17.6. The SMILES string of the molecule is C[C@@H](C(=O)N(C)Cc1ccccc1)N(C)C(=O)[C@@H]1CCCN1C(=O)OC(C)(C)C. The summed E-state index contributed by atoms with van der Waals surface area (Å²) in [6, 6.07) is 8.48. The van der Waals surface area contributed by atoms with E-state index in [0.717, 1.165) is 12.0 Å². The van der Waals surface area contributed by atoms with Gasteiger partial charge >= 0.3 is 6.09 Å². The maximum Gasteiger partial charge on any atom is 0.410 e. The number of carbonyl (C=O) groups excluding carboxylic acids is 3. The largest absolute Gasteiger partial charge is 0.444 e. The number of carbonyl (C=O) groups is 3. The van der Waals surface area contributed by atoms with E-state index in [1.54, 1.807) is 46.7 Å². The number of hydrogen-bond acceptors (Lipinski definition) is 4. The molecule has 7 heteroatoms. The predicted octanol–water partition coefficient (Wildman–Crippen LogP) is 2.89. The van der Waals surface area contributed by atoms with Gasteiger partial charge in [-0.3, -0.25) is 14.5 Å². The van der Waals surface area contributed by atoms with E-state index < -0.39 is 23.8 Å². The molecule has 0 saturated carbocycles. The topological polar surface area (TPSA) is 70.2 Å². The number of amides is 3. The minimum atomic E-state index is -0.628. The van der Waals surface area contributed by atoms with Crippen LogP contribution in [0, 0.1) is 0 Å². The van der Waals surface area contributed by atoms with Crippen molar-refractivity contribution >= 4 is 17.9 Å². The fourth-order valence-corrected chi connectivity index (χ4v) is 3.41. The molecule has 3 amide bonds. The number of nitrogens with zero attached hydrogens (tertiary/aromatic N) is 3. The fraction of sp³-hybridized carbons (Fsp3) is 0.591. The molecule has 0 bridgehead atoms. The van der Waals surface area contributed by atoms with Crippen molar-refractivity contribution in [1.29, 1.82) is 0 Å². The van der Waals surface area contributed by atoms with E-state index >= 15 is 0 Å². The Bertz CT molecular complexity index is 729. The molecular weight excluding hydrogens is 370 g/mol. The van der Waals surface area contributed by atoms with Crippen LogP contribution in [0.4, 0.5) is 4.79 Å². The number of likely N-dealkylation sites (N-methyl/N-ethyl adjacent to an activating group) is 2. The Morgan fingerprint density at radius 3 is 2.38 bits per heavy atom. The van der Waals surface area contributed by atoms with Gasteiger partial charge in [-0.2, -0.15) is 0 Å². The van der Waals surface area contributed by atoms with Crippen LogP contribution in [-0.2, 0) is 20.9 Å². The molecule has 0 aromatic heterocycles. The zero-order chi connectivity index (χ0) is 21.8. The lowest BCUT2D eigenvalue weighted by atomic mass is 10.1. The zero-order valence-corrected chi connectivity index (χ0v) is 18.3. The Balaban J connectivity index is 2.01. The first kappa shape index (κ1) is 22.7. The van der Waals surface area contributed by atoms with Crippen LogP contribution in [0.5, 0.6) is 0 Å². The Morgan fingerprint density at radius 1 is 1.17 bits per heavy atom. The summed E-state index contributed by atoms with van der Waals surface area (Å²) < 4.78 is 5.44. The van der Waals surface area contributed by atoms with Crippen molar-refractivity contribution in [2.45, 2.75) is 64.8 Å². The third kappa shape index (κ3) is 5.95. The molecule has 0 unspecified atom stereocenters. The van der Waals surface area contributed by atoms with Gasteiger partial charge in [0.1, 0.15) is 17.7 Å². The van der Waals surface area contributed by atoms with Crippen molar-refractivity contribution in [3.05, 3.63) is 35.9 Å². The van der Waals surface area contributed by atoms with Gasteiger partial charge < -0.3 is 14.5 Å². The van der Waals surface area contributed by atoms with Crippen molar-refractivity contribution in [2.24, 2.45) is 0 Å². The molecule has 2 rings (SSSR count). The summed E-state index contributed by atoms with van der Waals surface area (Å²) in [7, 11) is 3.35. The van der Waals surface area contributed by atoms with Gasteiger partial charge in [0.25, 0.3) is 0 Å². The molecule has 0 aliphatic carbocycles. The summed E-state index contributed by atoms with van der Waals surface area (Å²) in [6.45, 7) is 8.07. The smallest absolute Gasteiger partial charge is 0.410 e. The third-order valence-electron chi connectivity index (χ3n) is 5.09. The van der Waals surface area contributed by atoms with Crippen molar-refractivity contribution in [3.8, 4) is 0 Å². The highest BCUT2D eigenvalue weighted by molar-refractivity contribution is 5.91. The van der Waals surface area contributed by atoms with Crippen LogP contribution in [0.2, 0.25) is 0 Å². The first-order valence-electron chi connectivity index (χ1n) is 10.1. The highest BCUT2D eigenvalue weighted by Crippen LogP contribution is 2.23. The molecule has 0 N–H and O–H groups in total. The van der Waals surface area contributed by atoms with Crippen LogP contribution < -0.4 is 0 Å². The van der Waals surface area contributed by atoms with Gasteiger partial charge in [0.05, 0.1) is 0 Å². The number of likely N-dealkylation sites (tertiary alicyclic amines) is 1. The number of hydrogen-bond donors (Lipinski definition) is 0. The number of rotatable bonds is 5. The first-order chi connectivity index (χ1) is 13.5. The third-order valence-corrected chi connectivity index (χ3v) is 5.09. The quantitative estimate of drug-likeness (QED) is 0.758. The van der Waals surface area contributed by atoms with Gasteiger partial charge in [0, 0.05) is 27.2 Å². The van der Waals surface area contributed by atoms with Gasteiger partial charge in [-0.15, -0.1) is 0 Å². The van der Waals surface area contributed by atoms with Crippen LogP contribution in [0.25, 0.3) is 0 Å². The van der Waals surface area contributed by atoms with Crippen molar-refractivity contribution in [1.82, 2.24) is 14.7 Å². The molecule has 160 valence electrons. The Hall–Kier alpha value is -2.57. The first-order valence-corrected chi connectivity index (χ1v) is 10.1. The van der Waals surface area contributed by atoms with Crippen LogP contribution in [-0.4, -0.2) is 70.9 Å². The number of benzene rings is 1. The van der Waals surface area contributed by atoms with Gasteiger partial charge in [0.2, 0.25) is 11.8 Å². The van der Waals surface area contributed by atoms with Crippen molar-refractivity contribution in [3.63, 3.8) is 0 Å². The molecular formula is C22H33N3O4. The second kappa shape index (κ2) is 9.29. The van der Waals surface area contributed by atoms with Crippen LogP contribution in [0.1, 0.15) is 46.1 Å². The summed E-state index contributed by atoms with van der Waals surface area (Å²) in [6.07, 6.45) is 0.824. The van der Waals surface area contributed by atoms with E-state index in [-0.39, 0.29) is 11.8 Å². The summed E-state index contributed by atoms with van der Waals surface area (Å²) in [5.74, 6) is -0.381. The van der Waals surface area contributed by atoms with E-state index in [1.807, 2.05) is 30.3 Å². The lowest BCUT2D eigenvalue weighted by molar-refractivity contribution is -0.145. The molecule has 1 heterocycles. The molecule has 1 aliphatic heterocycles. The maximum absolute atomic E-state index is 13.1. The molecule has 1 fully saturated rings. The van der Waals surface area contributed by atoms with E-state index in [4.69, 9.17) is 4.74 Å². The van der Waals surface area contributed by atoms with E-state index in [1.165, 1.54) is 9.80 Å². The average molecular weight is 404 g/mol. The maximum atomic E-state index is 13.1. The summed E-state index contributed by atoms with van der Waals surface area (Å²) >= 11 is 0. The second-order valence-corrected chi connectivity index (χ2v) is 8.64.